The van der Waals surface area contributed by atoms with Crippen molar-refractivity contribution in [3.05, 3.63) is 88.5 Å². The van der Waals surface area contributed by atoms with Crippen LogP contribution in [0.15, 0.2) is 60.7 Å². The maximum Gasteiger partial charge on any atom is 0.231 e. The van der Waals surface area contributed by atoms with Crippen LogP contribution in [0.25, 0.3) is 0 Å². The summed E-state index contributed by atoms with van der Waals surface area (Å²) in [5.74, 6) is 3.52. The maximum atomic E-state index is 6.36. The van der Waals surface area contributed by atoms with Crippen LogP contribution >= 0.6 is 0 Å². The maximum absolute atomic E-state index is 6.36. The van der Waals surface area contributed by atoms with Gasteiger partial charge in [-0.05, 0) is 73.1 Å². The van der Waals surface area contributed by atoms with Crippen LogP contribution in [0.3, 0.4) is 0 Å². The molecule has 0 amide bonds. The monoisotopic (exact) mass is 384 g/mol. The lowest BCUT2D eigenvalue weighted by Crippen LogP contribution is -2.30. The van der Waals surface area contributed by atoms with Crippen molar-refractivity contribution in [2.75, 3.05) is 6.79 Å². The summed E-state index contributed by atoms with van der Waals surface area (Å²) in [6.07, 6.45) is 2.09. The molecule has 3 heteroatoms. The van der Waals surface area contributed by atoms with E-state index >= 15 is 0 Å². The molecule has 146 valence electrons. The minimum absolute atomic E-state index is 0.244. The number of ether oxygens (including phenoxy) is 3. The zero-order valence-electron chi connectivity index (χ0n) is 16.8. The van der Waals surface area contributed by atoms with Crippen LogP contribution in [0.1, 0.15) is 53.5 Å². The average Bonchev–Trinajstić information content (AvgIpc) is 3.39. The molecule has 0 spiro atoms. The fraction of sp³-hybridized carbons (Fsp3) is 0.308. The molecule has 29 heavy (non-hydrogen) atoms. The number of fused-ring (bicyclic) bond motifs is 3. The summed E-state index contributed by atoms with van der Waals surface area (Å²) in [5.41, 5.74) is 6.53. The van der Waals surface area contributed by atoms with Crippen LogP contribution in [0.5, 0.6) is 17.2 Å². The first-order valence-corrected chi connectivity index (χ1v) is 10.4. The Hall–Kier alpha value is -2.94. The lowest BCUT2D eigenvalue weighted by molar-refractivity contribution is 0.122. The summed E-state index contributed by atoms with van der Waals surface area (Å²) < 4.78 is 17.5. The van der Waals surface area contributed by atoms with Crippen molar-refractivity contribution in [1.82, 2.24) is 0 Å². The summed E-state index contributed by atoms with van der Waals surface area (Å²) in [5, 5.41) is 0. The van der Waals surface area contributed by atoms with Gasteiger partial charge in [0.15, 0.2) is 11.5 Å². The van der Waals surface area contributed by atoms with E-state index in [1.807, 2.05) is 0 Å². The second-order valence-electron chi connectivity index (χ2n) is 8.93. The third-order valence-corrected chi connectivity index (χ3v) is 6.64. The van der Waals surface area contributed by atoms with Gasteiger partial charge in [0, 0.05) is 5.56 Å². The molecule has 6 rings (SSSR count). The zero-order chi connectivity index (χ0) is 19.6. The molecule has 3 nitrogen and oxygen atoms in total. The molecule has 2 heterocycles. The van der Waals surface area contributed by atoms with Gasteiger partial charge in [-0.15, -0.1) is 0 Å². The highest BCUT2D eigenvalue weighted by Crippen LogP contribution is 2.50. The van der Waals surface area contributed by atoms with Gasteiger partial charge in [0.25, 0.3) is 0 Å². The Balaban J connectivity index is 1.36. The van der Waals surface area contributed by atoms with Gasteiger partial charge in [-0.2, -0.15) is 0 Å². The highest BCUT2D eigenvalue weighted by atomic mass is 16.7. The summed E-state index contributed by atoms with van der Waals surface area (Å²) in [4.78, 5) is 0. The van der Waals surface area contributed by atoms with Crippen molar-refractivity contribution in [2.24, 2.45) is 0 Å². The van der Waals surface area contributed by atoms with Crippen LogP contribution < -0.4 is 14.2 Å². The molecule has 0 fully saturated rings. The molecule has 1 atom stereocenters. The van der Waals surface area contributed by atoms with E-state index in [0.717, 1.165) is 30.1 Å². The molecule has 0 bridgehead atoms. The second-order valence-corrected chi connectivity index (χ2v) is 8.93. The molecule has 0 radical (unpaired) electrons. The van der Waals surface area contributed by atoms with E-state index in [1.165, 1.54) is 27.8 Å². The first-order valence-electron chi connectivity index (χ1n) is 10.4. The lowest BCUT2D eigenvalue weighted by atomic mass is 9.80. The Labute approximate surface area is 171 Å². The van der Waals surface area contributed by atoms with Crippen molar-refractivity contribution in [3.63, 3.8) is 0 Å². The lowest BCUT2D eigenvalue weighted by Gasteiger charge is -2.27. The van der Waals surface area contributed by atoms with Crippen molar-refractivity contribution in [2.45, 2.75) is 44.1 Å². The third kappa shape index (κ3) is 2.64. The zero-order valence-corrected chi connectivity index (χ0v) is 16.8. The van der Waals surface area contributed by atoms with E-state index in [1.54, 1.807) is 0 Å². The van der Waals surface area contributed by atoms with Crippen molar-refractivity contribution >= 4 is 0 Å². The number of hydrogen-bond donors (Lipinski definition) is 0. The second kappa shape index (κ2) is 6.03. The molecule has 1 unspecified atom stereocenters. The Bertz CT molecular complexity index is 1070. The fourth-order valence-corrected chi connectivity index (χ4v) is 5.33. The molecule has 0 saturated carbocycles. The molecular weight excluding hydrogens is 360 g/mol. The number of rotatable bonds is 2. The first kappa shape index (κ1) is 17.0. The summed E-state index contributed by atoms with van der Waals surface area (Å²) in [6, 6.07) is 21.9. The Kier molecular flexibility index (Phi) is 3.53. The van der Waals surface area contributed by atoms with E-state index < -0.39 is 0 Å². The minimum Gasteiger partial charge on any atom is -0.487 e. The largest absolute Gasteiger partial charge is 0.487 e. The van der Waals surface area contributed by atoms with Crippen LogP contribution in [0.2, 0.25) is 0 Å². The number of benzene rings is 3. The molecule has 3 aromatic carbocycles. The molecule has 2 aliphatic heterocycles. The van der Waals surface area contributed by atoms with E-state index in [2.05, 4.69) is 74.5 Å². The average molecular weight is 384 g/mol. The van der Waals surface area contributed by atoms with Gasteiger partial charge in [0.05, 0.1) is 5.92 Å². The van der Waals surface area contributed by atoms with Gasteiger partial charge in [-0.3, -0.25) is 0 Å². The van der Waals surface area contributed by atoms with E-state index in [0.29, 0.717) is 12.7 Å². The van der Waals surface area contributed by atoms with Gasteiger partial charge in [0.1, 0.15) is 11.4 Å². The molecule has 1 aliphatic carbocycles. The van der Waals surface area contributed by atoms with E-state index in [4.69, 9.17) is 14.2 Å². The SMILES string of the molecule is CC1(C)Oc2ccc(C3Cc4cc5c(cc4C3)OCO5)cc2C1c1ccccc1. The van der Waals surface area contributed by atoms with Crippen LogP contribution in [-0.4, -0.2) is 12.4 Å². The predicted octanol–water partition coefficient (Wildman–Crippen LogP) is 5.60. The Morgan fingerprint density at radius 3 is 2.14 bits per heavy atom. The Morgan fingerprint density at radius 2 is 1.45 bits per heavy atom. The standard InChI is InChI=1S/C26H24O3/c1-26(2)25(16-6-4-3-5-7-16)21-12-17(8-9-22(21)29-26)18-10-19-13-23-24(28-15-27-23)14-20(19)11-18/h3-9,12-14,18,25H,10-11,15H2,1-2H3. The van der Waals surface area contributed by atoms with Gasteiger partial charge >= 0.3 is 0 Å². The van der Waals surface area contributed by atoms with Crippen molar-refractivity contribution in [1.29, 1.82) is 0 Å². The summed E-state index contributed by atoms with van der Waals surface area (Å²) in [7, 11) is 0. The molecule has 0 N–H and O–H groups in total. The van der Waals surface area contributed by atoms with Gasteiger partial charge in [0.2, 0.25) is 6.79 Å². The predicted molar refractivity (Wildman–Crippen MR) is 112 cm³/mol. The van der Waals surface area contributed by atoms with Crippen LogP contribution in [0, 0.1) is 0 Å². The molecule has 0 saturated heterocycles. The van der Waals surface area contributed by atoms with E-state index in [9.17, 15) is 0 Å². The third-order valence-electron chi connectivity index (χ3n) is 6.64. The molecule has 3 aliphatic rings. The molecule has 3 aromatic rings. The van der Waals surface area contributed by atoms with Gasteiger partial charge in [-0.25, -0.2) is 0 Å². The smallest absolute Gasteiger partial charge is 0.231 e. The van der Waals surface area contributed by atoms with E-state index in [-0.39, 0.29) is 11.5 Å². The highest BCUT2D eigenvalue weighted by molar-refractivity contribution is 5.54. The normalized spacial score (nSPS) is 21.0. The highest BCUT2D eigenvalue weighted by Gasteiger charge is 2.42. The van der Waals surface area contributed by atoms with Gasteiger partial charge in [-0.1, -0.05) is 42.5 Å². The summed E-state index contributed by atoms with van der Waals surface area (Å²) in [6.45, 7) is 4.72. The first-order chi connectivity index (χ1) is 14.1. The number of hydrogen-bond acceptors (Lipinski definition) is 3. The van der Waals surface area contributed by atoms with Crippen molar-refractivity contribution < 1.29 is 14.2 Å². The Morgan fingerprint density at radius 1 is 0.759 bits per heavy atom. The molecular formula is C26H24O3. The fourth-order valence-electron chi connectivity index (χ4n) is 5.33. The van der Waals surface area contributed by atoms with Crippen molar-refractivity contribution in [3.8, 4) is 17.2 Å². The molecule has 0 aromatic heterocycles. The quantitative estimate of drug-likeness (QED) is 0.575. The van der Waals surface area contributed by atoms with Crippen LogP contribution in [-0.2, 0) is 12.8 Å². The van der Waals surface area contributed by atoms with Gasteiger partial charge < -0.3 is 14.2 Å². The topological polar surface area (TPSA) is 27.7 Å². The summed E-state index contributed by atoms with van der Waals surface area (Å²) >= 11 is 0. The minimum atomic E-state index is -0.254. The van der Waals surface area contributed by atoms with Crippen LogP contribution in [0.4, 0.5) is 0 Å².